The molecule has 1 aromatic carbocycles. The lowest BCUT2D eigenvalue weighted by Crippen LogP contribution is -2.16. The second-order valence-corrected chi connectivity index (χ2v) is 5.27. The normalized spacial score (nSPS) is 15.0. The largest absolute Gasteiger partial charge is 0.486 e. The van der Waals surface area contributed by atoms with Crippen LogP contribution in [-0.2, 0) is 6.54 Å². The number of rotatable bonds is 4. The van der Waals surface area contributed by atoms with E-state index in [-0.39, 0.29) is 0 Å². The number of halogens is 1. The Morgan fingerprint density at radius 3 is 3.00 bits per heavy atom. The molecule has 1 atom stereocenters. The van der Waals surface area contributed by atoms with Crippen molar-refractivity contribution in [2.75, 3.05) is 13.2 Å². The Morgan fingerprint density at radius 2 is 2.19 bits per heavy atom. The third-order valence-corrected chi connectivity index (χ3v) is 3.57. The predicted octanol–water partition coefficient (Wildman–Crippen LogP) is 2.19. The molecule has 7 heteroatoms. The van der Waals surface area contributed by atoms with Crippen LogP contribution in [0.1, 0.15) is 30.7 Å². The number of fused-ring (bicyclic) bond motifs is 1. The van der Waals surface area contributed by atoms with Crippen LogP contribution < -0.4 is 9.47 Å². The Bertz CT molecular complexity index is 644. The maximum atomic E-state index is 9.74. The van der Waals surface area contributed by atoms with Crippen LogP contribution in [0.4, 0.5) is 0 Å². The highest BCUT2D eigenvalue weighted by Gasteiger charge is 2.17. The van der Waals surface area contributed by atoms with Crippen molar-refractivity contribution >= 4 is 11.6 Å². The molecule has 6 nitrogen and oxygen atoms in total. The highest BCUT2D eigenvalue weighted by atomic mass is 35.5. The van der Waals surface area contributed by atoms with Crippen LogP contribution in [-0.4, -0.2) is 33.3 Å². The topological polar surface area (TPSA) is 69.4 Å². The molecule has 2 aromatic rings. The molecule has 0 aliphatic carbocycles. The van der Waals surface area contributed by atoms with Gasteiger partial charge in [0.05, 0.1) is 23.9 Å². The molecule has 1 N–H and O–H groups in total. The summed E-state index contributed by atoms with van der Waals surface area (Å²) in [6, 6.07) is 3.71. The third kappa shape index (κ3) is 2.96. The minimum absolute atomic E-state index is 0.500. The molecule has 2 heterocycles. The van der Waals surface area contributed by atoms with Gasteiger partial charge in [-0.15, -0.1) is 5.10 Å². The molecule has 0 amide bonds. The smallest absolute Gasteiger partial charge is 0.179 e. The molecule has 1 aliphatic rings. The number of benzene rings is 1. The highest BCUT2D eigenvalue weighted by Crippen LogP contribution is 2.38. The lowest BCUT2D eigenvalue weighted by atomic mass is 10.2. The summed E-state index contributed by atoms with van der Waals surface area (Å²) in [6.45, 7) is 3.42. The number of aliphatic hydroxyl groups excluding tert-OH is 1. The molecule has 0 saturated heterocycles. The number of hydrogen-bond acceptors (Lipinski definition) is 5. The first kappa shape index (κ1) is 14.2. The molecule has 0 radical (unpaired) electrons. The summed E-state index contributed by atoms with van der Waals surface area (Å²) < 4.78 is 12.7. The van der Waals surface area contributed by atoms with Crippen molar-refractivity contribution in [2.45, 2.75) is 26.0 Å². The van der Waals surface area contributed by atoms with Crippen molar-refractivity contribution in [3.63, 3.8) is 0 Å². The summed E-state index contributed by atoms with van der Waals surface area (Å²) in [5, 5.41) is 18.2. The van der Waals surface area contributed by atoms with E-state index in [9.17, 15) is 5.11 Å². The van der Waals surface area contributed by atoms with Gasteiger partial charge >= 0.3 is 0 Å². The fraction of sp³-hybridized carbons (Fsp3) is 0.429. The molecule has 1 aromatic heterocycles. The van der Waals surface area contributed by atoms with Crippen molar-refractivity contribution in [3.05, 3.63) is 34.6 Å². The molecular weight excluding hydrogens is 294 g/mol. The van der Waals surface area contributed by atoms with Gasteiger partial charge in [0.25, 0.3) is 0 Å². The molecule has 3 rings (SSSR count). The zero-order valence-corrected chi connectivity index (χ0v) is 12.4. The van der Waals surface area contributed by atoms with Gasteiger partial charge in [-0.1, -0.05) is 23.7 Å². The van der Waals surface area contributed by atoms with E-state index in [0.29, 0.717) is 48.4 Å². The predicted molar refractivity (Wildman–Crippen MR) is 76.8 cm³/mol. The second kappa shape index (κ2) is 5.91. The molecule has 1 aliphatic heterocycles. The third-order valence-electron chi connectivity index (χ3n) is 3.29. The number of ether oxygens (including phenoxy) is 2. The molecule has 1 unspecified atom stereocenters. The van der Waals surface area contributed by atoms with Crippen LogP contribution in [0.15, 0.2) is 18.3 Å². The van der Waals surface area contributed by atoms with Gasteiger partial charge in [-0.25, -0.2) is 4.68 Å². The summed E-state index contributed by atoms with van der Waals surface area (Å²) in [7, 11) is 0. The van der Waals surface area contributed by atoms with Gasteiger partial charge in [0.2, 0.25) is 0 Å². The molecular formula is C14H16ClN3O3. The SMILES string of the molecule is CCC(O)c1cn(Cc2cc(Cl)c3c(c2)OCCO3)nn1. The fourth-order valence-corrected chi connectivity index (χ4v) is 2.48. The fourth-order valence-electron chi connectivity index (χ4n) is 2.20. The maximum Gasteiger partial charge on any atom is 0.179 e. The quantitative estimate of drug-likeness (QED) is 0.937. The minimum atomic E-state index is -0.581. The van der Waals surface area contributed by atoms with Gasteiger partial charge in [-0.3, -0.25) is 0 Å². The first-order chi connectivity index (χ1) is 10.2. The monoisotopic (exact) mass is 309 g/mol. The second-order valence-electron chi connectivity index (χ2n) is 4.87. The molecule has 0 bridgehead atoms. The Labute approximate surface area is 127 Å². The van der Waals surface area contributed by atoms with Crippen LogP contribution in [0.3, 0.4) is 0 Å². The summed E-state index contributed by atoms with van der Waals surface area (Å²) in [5.41, 5.74) is 1.51. The molecule has 0 spiro atoms. The minimum Gasteiger partial charge on any atom is -0.486 e. The average Bonchev–Trinajstić information content (AvgIpc) is 2.95. The number of hydrogen-bond donors (Lipinski definition) is 1. The zero-order valence-electron chi connectivity index (χ0n) is 11.6. The van der Waals surface area contributed by atoms with Crippen molar-refractivity contribution in [2.24, 2.45) is 0 Å². The summed E-state index contributed by atoms with van der Waals surface area (Å²) in [6.07, 6.45) is 1.76. The first-order valence-corrected chi connectivity index (χ1v) is 7.21. The van der Waals surface area contributed by atoms with E-state index in [1.54, 1.807) is 10.9 Å². The van der Waals surface area contributed by atoms with E-state index in [1.165, 1.54) is 0 Å². The van der Waals surface area contributed by atoms with Gasteiger partial charge in [-0.05, 0) is 24.1 Å². The summed E-state index contributed by atoms with van der Waals surface area (Å²) in [4.78, 5) is 0. The average molecular weight is 310 g/mol. The highest BCUT2D eigenvalue weighted by molar-refractivity contribution is 6.32. The Morgan fingerprint density at radius 1 is 1.38 bits per heavy atom. The van der Waals surface area contributed by atoms with Crippen molar-refractivity contribution in [1.82, 2.24) is 15.0 Å². The summed E-state index contributed by atoms with van der Waals surface area (Å²) in [5.74, 6) is 1.24. The van der Waals surface area contributed by atoms with Gasteiger partial charge < -0.3 is 14.6 Å². The molecule has 112 valence electrons. The van der Waals surface area contributed by atoms with Crippen molar-refractivity contribution in [1.29, 1.82) is 0 Å². The van der Waals surface area contributed by atoms with E-state index in [1.807, 2.05) is 19.1 Å². The van der Waals surface area contributed by atoms with E-state index < -0.39 is 6.10 Å². The summed E-state index contributed by atoms with van der Waals surface area (Å²) >= 11 is 6.20. The van der Waals surface area contributed by atoms with Crippen LogP contribution in [0.5, 0.6) is 11.5 Å². The van der Waals surface area contributed by atoms with Crippen LogP contribution in [0.2, 0.25) is 5.02 Å². The van der Waals surface area contributed by atoms with E-state index in [2.05, 4.69) is 10.3 Å². The lowest BCUT2D eigenvalue weighted by Gasteiger charge is -2.20. The molecule has 0 fully saturated rings. The standard InChI is InChI=1S/C14H16ClN3O3/c1-2-12(19)11-8-18(17-16-11)7-9-5-10(15)14-13(6-9)20-3-4-21-14/h5-6,8,12,19H,2-4,7H2,1H3. The maximum absolute atomic E-state index is 9.74. The lowest BCUT2D eigenvalue weighted by molar-refractivity contribution is 0.168. The first-order valence-electron chi connectivity index (χ1n) is 6.83. The Hall–Kier alpha value is -1.79. The van der Waals surface area contributed by atoms with Gasteiger partial charge in [-0.2, -0.15) is 0 Å². The van der Waals surface area contributed by atoms with Crippen molar-refractivity contribution < 1.29 is 14.6 Å². The van der Waals surface area contributed by atoms with Gasteiger partial charge in [0.1, 0.15) is 18.9 Å². The van der Waals surface area contributed by atoms with Gasteiger partial charge in [0, 0.05) is 0 Å². The van der Waals surface area contributed by atoms with Crippen molar-refractivity contribution in [3.8, 4) is 11.5 Å². The molecule has 21 heavy (non-hydrogen) atoms. The zero-order chi connectivity index (χ0) is 14.8. The Balaban J connectivity index is 1.81. The van der Waals surface area contributed by atoms with Crippen LogP contribution >= 0.6 is 11.6 Å². The van der Waals surface area contributed by atoms with E-state index >= 15 is 0 Å². The number of aliphatic hydroxyl groups is 1. The number of aromatic nitrogens is 3. The Kier molecular flexibility index (Phi) is 3.98. The van der Waals surface area contributed by atoms with Crippen LogP contribution in [0, 0.1) is 0 Å². The van der Waals surface area contributed by atoms with E-state index in [4.69, 9.17) is 21.1 Å². The van der Waals surface area contributed by atoms with Crippen LogP contribution in [0.25, 0.3) is 0 Å². The molecule has 0 saturated carbocycles. The van der Waals surface area contributed by atoms with Gasteiger partial charge in [0.15, 0.2) is 11.5 Å². The van der Waals surface area contributed by atoms with E-state index in [0.717, 1.165) is 5.56 Å². The number of nitrogens with zero attached hydrogens (tertiary/aromatic N) is 3.